The van der Waals surface area contributed by atoms with Crippen molar-refractivity contribution < 1.29 is 37.7 Å². The molecular formula is C22H20F2N2O6S. The molecule has 0 aliphatic carbocycles. The topological polar surface area (TPSA) is 105 Å². The summed E-state index contributed by atoms with van der Waals surface area (Å²) < 4.78 is 34.3. The van der Waals surface area contributed by atoms with E-state index in [9.17, 15) is 28.3 Å². The molecule has 3 rings (SSSR count). The lowest BCUT2D eigenvalue weighted by Gasteiger charge is -2.13. The number of amides is 3. The Morgan fingerprint density at radius 3 is 2.67 bits per heavy atom. The van der Waals surface area contributed by atoms with Crippen molar-refractivity contribution in [3.63, 3.8) is 0 Å². The largest absolute Gasteiger partial charge is 0.507 e. The van der Waals surface area contributed by atoms with Crippen LogP contribution in [0.15, 0.2) is 41.3 Å². The van der Waals surface area contributed by atoms with Gasteiger partial charge in [0, 0.05) is 13.1 Å². The molecule has 0 unspecified atom stereocenters. The zero-order chi connectivity index (χ0) is 24.1. The van der Waals surface area contributed by atoms with E-state index in [1.807, 2.05) is 0 Å². The van der Waals surface area contributed by atoms with Crippen LogP contribution in [0.1, 0.15) is 21.5 Å². The third kappa shape index (κ3) is 5.80. The maximum Gasteiger partial charge on any atom is 0.387 e. The summed E-state index contributed by atoms with van der Waals surface area (Å²) in [7, 11) is 1.29. The molecule has 0 radical (unpaired) electrons. The Hall–Kier alpha value is -3.60. The molecule has 1 saturated heterocycles. The van der Waals surface area contributed by atoms with Gasteiger partial charge in [0.2, 0.25) is 0 Å². The van der Waals surface area contributed by atoms with Crippen LogP contribution < -0.4 is 14.8 Å². The molecule has 0 saturated carbocycles. The molecule has 3 amide bonds. The van der Waals surface area contributed by atoms with Gasteiger partial charge in [-0.05, 0) is 54.6 Å². The Morgan fingerprint density at radius 1 is 1.21 bits per heavy atom. The average molecular weight is 478 g/mol. The predicted molar refractivity (Wildman–Crippen MR) is 117 cm³/mol. The van der Waals surface area contributed by atoms with E-state index in [1.165, 1.54) is 43.5 Å². The Kier molecular flexibility index (Phi) is 7.54. The van der Waals surface area contributed by atoms with E-state index in [0.29, 0.717) is 5.56 Å². The summed E-state index contributed by atoms with van der Waals surface area (Å²) >= 11 is 0.718. The molecule has 1 fully saturated rings. The second kappa shape index (κ2) is 10.3. The first kappa shape index (κ1) is 24.1. The molecule has 0 atom stereocenters. The van der Waals surface area contributed by atoms with Crippen LogP contribution in [0, 0.1) is 6.92 Å². The van der Waals surface area contributed by atoms with Crippen molar-refractivity contribution in [1.29, 1.82) is 0 Å². The van der Waals surface area contributed by atoms with Gasteiger partial charge < -0.3 is 19.9 Å². The Labute approximate surface area is 192 Å². The number of aromatic hydroxyl groups is 1. The van der Waals surface area contributed by atoms with Crippen molar-refractivity contribution in [3.8, 4) is 17.2 Å². The first-order valence-electron chi connectivity index (χ1n) is 9.65. The number of thioether (sulfide) groups is 1. The zero-order valence-electron chi connectivity index (χ0n) is 17.6. The van der Waals surface area contributed by atoms with E-state index < -0.39 is 23.7 Å². The molecule has 2 aromatic rings. The number of hydrogen-bond acceptors (Lipinski definition) is 7. The third-order valence-electron chi connectivity index (χ3n) is 4.59. The number of phenols is 1. The molecule has 8 nitrogen and oxygen atoms in total. The monoisotopic (exact) mass is 478 g/mol. The van der Waals surface area contributed by atoms with E-state index >= 15 is 0 Å². The number of rotatable bonds is 8. The van der Waals surface area contributed by atoms with Gasteiger partial charge in [-0.2, -0.15) is 8.78 Å². The lowest BCUT2D eigenvalue weighted by molar-refractivity contribution is -0.122. The summed E-state index contributed by atoms with van der Waals surface area (Å²) in [6, 6.07) is 8.72. The summed E-state index contributed by atoms with van der Waals surface area (Å²) in [4.78, 5) is 38.3. The summed E-state index contributed by atoms with van der Waals surface area (Å²) in [5.74, 6) is -1.37. The average Bonchev–Trinajstić information content (AvgIpc) is 3.03. The molecular weight excluding hydrogens is 458 g/mol. The van der Waals surface area contributed by atoms with E-state index in [2.05, 4.69) is 10.1 Å². The Bertz CT molecular complexity index is 1120. The number of methoxy groups -OCH3 is 1. The van der Waals surface area contributed by atoms with Gasteiger partial charge in [-0.25, -0.2) is 0 Å². The second-order valence-electron chi connectivity index (χ2n) is 6.90. The number of phenolic OH excluding ortho intramolecular Hbond substituents is 1. The third-order valence-corrected chi connectivity index (χ3v) is 5.50. The number of carbonyl (C=O) groups excluding carboxylic acids is 3. The number of ether oxygens (including phenoxy) is 2. The molecule has 1 aliphatic heterocycles. The summed E-state index contributed by atoms with van der Waals surface area (Å²) in [5.41, 5.74) is 1.33. The van der Waals surface area contributed by atoms with E-state index in [-0.39, 0.29) is 40.8 Å². The van der Waals surface area contributed by atoms with Gasteiger partial charge in [0.15, 0.2) is 11.5 Å². The number of nitrogens with one attached hydrogen (secondary N) is 1. The van der Waals surface area contributed by atoms with Crippen LogP contribution in [0.4, 0.5) is 13.6 Å². The number of benzene rings is 2. The standard InChI is InChI=1S/C22H20F2N2O6S/c1-12-3-5-15(27)14(9-12)19(28)25-7-8-26-20(29)18(33-22(26)30)11-13-4-6-16(32-21(23)24)17(10-13)31-2/h3-6,9-11,21,27H,7-8H2,1-2H3,(H,25,28)/b18-11-. The SMILES string of the molecule is COc1cc(/C=C2\SC(=O)N(CCNC(=O)c3cc(C)ccc3O)C2=O)ccc1OC(F)F. The fourth-order valence-corrected chi connectivity index (χ4v) is 3.88. The Balaban J connectivity index is 1.65. The van der Waals surface area contributed by atoms with Gasteiger partial charge in [0.25, 0.3) is 17.1 Å². The molecule has 2 N–H and O–H groups in total. The highest BCUT2D eigenvalue weighted by molar-refractivity contribution is 8.18. The molecule has 1 aliphatic rings. The van der Waals surface area contributed by atoms with Crippen LogP contribution in [-0.2, 0) is 4.79 Å². The Morgan fingerprint density at radius 2 is 1.97 bits per heavy atom. The normalized spacial score (nSPS) is 14.8. The van der Waals surface area contributed by atoms with Crippen LogP contribution in [0.2, 0.25) is 0 Å². The van der Waals surface area contributed by atoms with Crippen LogP contribution in [-0.4, -0.2) is 53.9 Å². The van der Waals surface area contributed by atoms with Gasteiger partial charge in [0.05, 0.1) is 17.6 Å². The smallest absolute Gasteiger partial charge is 0.387 e. The highest BCUT2D eigenvalue weighted by atomic mass is 32.2. The van der Waals surface area contributed by atoms with Gasteiger partial charge in [-0.15, -0.1) is 0 Å². The minimum Gasteiger partial charge on any atom is -0.507 e. The summed E-state index contributed by atoms with van der Waals surface area (Å²) in [6.07, 6.45) is 1.43. The highest BCUT2D eigenvalue weighted by Crippen LogP contribution is 2.34. The summed E-state index contributed by atoms with van der Waals surface area (Å²) in [5, 5.41) is 11.9. The van der Waals surface area contributed by atoms with Gasteiger partial charge in [-0.3, -0.25) is 19.3 Å². The first-order valence-corrected chi connectivity index (χ1v) is 10.5. The van der Waals surface area contributed by atoms with Gasteiger partial charge in [-0.1, -0.05) is 17.7 Å². The van der Waals surface area contributed by atoms with E-state index in [1.54, 1.807) is 13.0 Å². The van der Waals surface area contributed by atoms with Crippen LogP contribution in [0.5, 0.6) is 17.2 Å². The minimum absolute atomic E-state index is 0.00891. The first-order chi connectivity index (χ1) is 15.7. The molecule has 33 heavy (non-hydrogen) atoms. The zero-order valence-corrected chi connectivity index (χ0v) is 18.4. The number of imide groups is 1. The van der Waals surface area contributed by atoms with Gasteiger partial charge >= 0.3 is 6.61 Å². The molecule has 0 bridgehead atoms. The van der Waals surface area contributed by atoms with Gasteiger partial charge in [0.1, 0.15) is 5.75 Å². The number of halogens is 2. The van der Waals surface area contributed by atoms with Crippen LogP contribution >= 0.6 is 11.8 Å². The molecule has 2 aromatic carbocycles. The second-order valence-corrected chi connectivity index (χ2v) is 7.89. The molecule has 1 heterocycles. The lowest BCUT2D eigenvalue weighted by atomic mass is 10.1. The maximum absolute atomic E-state index is 12.6. The summed E-state index contributed by atoms with van der Waals surface area (Å²) in [6.45, 7) is -1.31. The molecule has 174 valence electrons. The van der Waals surface area contributed by atoms with Crippen LogP contribution in [0.25, 0.3) is 6.08 Å². The number of aryl methyl sites for hydroxylation is 1. The highest BCUT2D eigenvalue weighted by Gasteiger charge is 2.34. The van der Waals surface area contributed by atoms with Crippen LogP contribution in [0.3, 0.4) is 0 Å². The number of alkyl halides is 2. The van der Waals surface area contributed by atoms with E-state index in [0.717, 1.165) is 22.2 Å². The van der Waals surface area contributed by atoms with Crippen molar-refractivity contribution in [2.45, 2.75) is 13.5 Å². The number of carbonyl (C=O) groups is 3. The van der Waals surface area contributed by atoms with E-state index in [4.69, 9.17) is 4.74 Å². The number of nitrogens with zero attached hydrogens (tertiary/aromatic N) is 1. The fraction of sp³-hybridized carbons (Fsp3) is 0.227. The van der Waals surface area contributed by atoms with Crippen molar-refractivity contribution in [1.82, 2.24) is 10.2 Å². The minimum atomic E-state index is -3.02. The quantitative estimate of drug-likeness (QED) is 0.557. The molecule has 0 aromatic heterocycles. The molecule has 11 heteroatoms. The lowest BCUT2D eigenvalue weighted by Crippen LogP contribution is -2.37. The predicted octanol–water partition coefficient (Wildman–Crippen LogP) is 3.78. The maximum atomic E-state index is 12.6. The fourth-order valence-electron chi connectivity index (χ4n) is 3.02. The van der Waals surface area contributed by atoms with Crippen molar-refractivity contribution in [2.24, 2.45) is 0 Å². The van der Waals surface area contributed by atoms with Crippen molar-refractivity contribution in [2.75, 3.05) is 20.2 Å². The number of hydrogen-bond donors (Lipinski definition) is 2. The van der Waals surface area contributed by atoms with Crippen molar-refractivity contribution >= 4 is 34.9 Å². The molecule has 0 spiro atoms. The van der Waals surface area contributed by atoms with Crippen molar-refractivity contribution in [3.05, 3.63) is 58.0 Å².